The normalized spacial score (nSPS) is 15.9. The number of methoxy groups -OCH3 is 2. The van der Waals surface area contributed by atoms with Crippen LogP contribution in [-0.4, -0.2) is 58.1 Å². The predicted molar refractivity (Wildman–Crippen MR) is 118 cm³/mol. The maximum absolute atomic E-state index is 13.0. The number of aromatic amines is 1. The number of H-pyrrole nitrogens is 1. The van der Waals surface area contributed by atoms with Crippen molar-refractivity contribution in [3.05, 3.63) is 64.5 Å². The Hall–Kier alpha value is -3.75. The zero-order valence-electron chi connectivity index (χ0n) is 18.1. The summed E-state index contributed by atoms with van der Waals surface area (Å²) < 4.78 is 10.6. The van der Waals surface area contributed by atoms with E-state index in [2.05, 4.69) is 19.9 Å². The van der Waals surface area contributed by atoms with Crippen LogP contribution in [0.5, 0.6) is 11.5 Å². The van der Waals surface area contributed by atoms with Crippen molar-refractivity contribution in [3.63, 3.8) is 0 Å². The third-order valence-electron chi connectivity index (χ3n) is 5.56. The fourth-order valence-electron chi connectivity index (χ4n) is 3.95. The van der Waals surface area contributed by atoms with Gasteiger partial charge < -0.3 is 19.4 Å². The molecule has 32 heavy (non-hydrogen) atoms. The van der Waals surface area contributed by atoms with Crippen LogP contribution in [0.2, 0.25) is 0 Å². The van der Waals surface area contributed by atoms with Gasteiger partial charge in [-0.2, -0.15) is 0 Å². The molecule has 4 rings (SSSR count). The van der Waals surface area contributed by atoms with Gasteiger partial charge in [0.15, 0.2) is 17.3 Å². The maximum atomic E-state index is 13.0. The summed E-state index contributed by atoms with van der Waals surface area (Å²) in [6.07, 6.45) is 6.64. The Morgan fingerprint density at radius 1 is 1.19 bits per heavy atom. The molecule has 0 radical (unpaired) electrons. The van der Waals surface area contributed by atoms with Gasteiger partial charge in [-0.25, -0.2) is 9.97 Å². The van der Waals surface area contributed by atoms with Crippen LogP contribution < -0.4 is 15.0 Å². The molecule has 0 saturated carbocycles. The van der Waals surface area contributed by atoms with E-state index in [0.29, 0.717) is 41.8 Å². The largest absolute Gasteiger partial charge is 0.493 e. The summed E-state index contributed by atoms with van der Waals surface area (Å²) in [6.45, 7) is 1.20. The highest BCUT2D eigenvalue weighted by atomic mass is 16.5. The minimum Gasteiger partial charge on any atom is -0.493 e. The SMILES string of the molecule is COc1ccc(CC(=O)N2CCC[C@@H](c3cc(=O)[nH]c(-c4cnccn4)n3)C2)cc1OC. The van der Waals surface area contributed by atoms with Gasteiger partial charge in [0, 0.05) is 37.5 Å². The molecular weight excluding hydrogens is 410 g/mol. The lowest BCUT2D eigenvalue weighted by Gasteiger charge is -2.32. The van der Waals surface area contributed by atoms with Gasteiger partial charge in [-0.15, -0.1) is 0 Å². The topological polar surface area (TPSA) is 110 Å². The van der Waals surface area contributed by atoms with Crippen LogP contribution in [-0.2, 0) is 11.2 Å². The number of aromatic nitrogens is 4. The zero-order valence-corrected chi connectivity index (χ0v) is 18.1. The monoisotopic (exact) mass is 435 g/mol. The molecule has 0 bridgehead atoms. The Labute approximate surface area is 185 Å². The lowest BCUT2D eigenvalue weighted by Crippen LogP contribution is -2.40. The number of carbonyl (C=O) groups excluding carboxylic acids is 1. The smallest absolute Gasteiger partial charge is 0.251 e. The number of likely N-dealkylation sites (tertiary alicyclic amines) is 1. The Kier molecular flexibility index (Phi) is 6.44. The molecule has 9 nitrogen and oxygen atoms in total. The molecule has 1 aliphatic rings. The number of nitrogens with one attached hydrogen (secondary N) is 1. The quantitative estimate of drug-likeness (QED) is 0.632. The molecule has 1 N–H and O–H groups in total. The van der Waals surface area contributed by atoms with Crippen molar-refractivity contribution in [2.75, 3.05) is 27.3 Å². The Bertz CT molecular complexity index is 1150. The van der Waals surface area contributed by atoms with Crippen molar-refractivity contribution >= 4 is 5.91 Å². The number of nitrogens with zero attached hydrogens (tertiary/aromatic N) is 4. The lowest BCUT2D eigenvalue weighted by atomic mass is 9.94. The fourth-order valence-corrected chi connectivity index (χ4v) is 3.95. The first kappa shape index (κ1) is 21.5. The number of carbonyl (C=O) groups is 1. The molecule has 1 fully saturated rings. The first-order valence-electron chi connectivity index (χ1n) is 10.4. The molecule has 3 aromatic rings. The Morgan fingerprint density at radius 2 is 2.03 bits per heavy atom. The molecule has 0 aliphatic carbocycles. The van der Waals surface area contributed by atoms with Gasteiger partial charge >= 0.3 is 0 Å². The van der Waals surface area contributed by atoms with Gasteiger partial charge in [0.1, 0.15) is 5.69 Å². The maximum Gasteiger partial charge on any atom is 0.251 e. The number of piperidine rings is 1. The van der Waals surface area contributed by atoms with Crippen molar-refractivity contribution in [1.29, 1.82) is 0 Å². The average molecular weight is 435 g/mol. The van der Waals surface area contributed by atoms with Crippen LogP contribution in [0.1, 0.15) is 30.0 Å². The summed E-state index contributed by atoms with van der Waals surface area (Å²) in [7, 11) is 3.15. The van der Waals surface area contributed by atoms with E-state index in [1.807, 2.05) is 17.0 Å². The van der Waals surface area contributed by atoms with Crippen molar-refractivity contribution < 1.29 is 14.3 Å². The number of amides is 1. The third kappa shape index (κ3) is 4.77. The molecule has 3 heterocycles. The molecule has 1 amide bonds. The Balaban J connectivity index is 1.50. The second-order valence-corrected chi connectivity index (χ2v) is 7.65. The number of ether oxygens (including phenoxy) is 2. The van der Waals surface area contributed by atoms with Crippen LogP contribution in [0.3, 0.4) is 0 Å². The van der Waals surface area contributed by atoms with E-state index in [4.69, 9.17) is 9.47 Å². The second-order valence-electron chi connectivity index (χ2n) is 7.65. The summed E-state index contributed by atoms with van der Waals surface area (Å²) >= 11 is 0. The summed E-state index contributed by atoms with van der Waals surface area (Å²) in [5.74, 6) is 1.62. The highest BCUT2D eigenvalue weighted by Crippen LogP contribution is 2.29. The molecule has 2 aromatic heterocycles. The van der Waals surface area contributed by atoms with E-state index in [1.54, 1.807) is 38.9 Å². The van der Waals surface area contributed by atoms with Crippen LogP contribution in [0.25, 0.3) is 11.5 Å². The van der Waals surface area contributed by atoms with Crippen LogP contribution in [0.15, 0.2) is 47.7 Å². The first-order valence-corrected chi connectivity index (χ1v) is 10.4. The van der Waals surface area contributed by atoms with E-state index < -0.39 is 0 Å². The van der Waals surface area contributed by atoms with E-state index in [1.165, 1.54) is 6.07 Å². The van der Waals surface area contributed by atoms with Crippen LogP contribution in [0.4, 0.5) is 0 Å². The molecule has 0 spiro atoms. The summed E-state index contributed by atoms with van der Waals surface area (Å²) in [4.78, 5) is 42.7. The van der Waals surface area contributed by atoms with Crippen molar-refractivity contribution in [2.45, 2.75) is 25.2 Å². The highest BCUT2D eigenvalue weighted by molar-refractivity contribution is 5.79. The molecule has 1 atom stereocenters. The van der Waals surface area contributed by atoms with E-state index in [9.17, 15) is 9.59 Å². The lowest BCUT2D eigenvalue weighted by molar-refractivity contribution is -0.131. The molecule has 166 valence electrons. The van der Waals surface area contributed by atoms with Gasteiger partial charge in [0.05, 0.1) is 32.5 Å². The third-order valence-corrected chi connectivity index (χ3v) is 5.56. The van der Waals surface area contributed by atoms with Crippen molar-refractivity contribution in [3.8, 4) is 23.0 Å². The minimum atomic E-state index is -0.246. The van der Waals surface area contributed by atoms with Crippen molar-refractivity contribution in [1.82, 2.24) is 24.8 Å². The van der Waals surface area contributed by atoms with Crippen molar-refractivity contribution in [2.24, 2.45) is 0 Å². The zero-order chi connectivity index (χ0) is 22.5. The number of hydrogen-bond donors (Lipinski definition) is 1. The van der Waals surface area contributed by atoms with Gasteiger partial charge in [-0.3, -0.25) is 14.6 Å². The van der Waals surface area contributed by atoms with Gasteiger partial charge in [0.25, 0.3) is 5.56 Å². The molecular formula is C23H25N5O4. The Morgan fingerprint density at radius 3 is 2.78 bits per heavy atom. The van der Waals surface area contributed by atoms with E-state index in [0.717, 1.165) is 18.4 Å². The van der Waals surface area contributed by atoms with Gasteiger partial charge in [0.2, 0.25) is 5.91 Å². The number of benzene rings is 1. The van der Waals surface area contributed by atoms with Gasteiger partial charge in [-0.1, -0.05) is 6.07 Å². The molecule has 1 aliphatic heterocycles. The number of rotatable bonds is 6. The minimum absolute atomic E-state index is 0.0178. The highest BCUT2D eigenvalue weighted by Gasteiger charge is 2.26. The van der Waals surface area contributed by atoms with Crippen LogP contribution in [0, 0.1) is 0 Å². The number of hydrogen-bond acceptors (Lipinski definition) is 7. The first-order chi connectivity index (χ1) is 15.6. The predicted octanol–water partition coefficient (Wildman–Crippen LogP) is 2.19. The van der Waals surface area contributed by atoms with E-state index >= 15 is 0 Å². The average Bonchev–Trinajstić information content (AvgIpc) is 2.84. The summed E-state index contributed by atoms with van der Waals surface area (Å²) in [5.41, 5.74) is 1.78. The molecule has 9 heteroatoms. The molecule has 0 unspecified atom stereocenters. The van der Waals surface area contributed by atoms with Gasteiger partial charge in [-0.05, 0) is 30.5 Å². The second kappa shape index (κ2) is 9.59. The molecule has 1 aromatic carbocycles. The standard InChI is InChI=1S/C23H25N5O4/c1-31-19-6-5-15(10-20(19)32-2)11-22(30)28-9-3-4-16(14-28)17-12-21(29)27-23(26-17)18-13-24-7-8-25-18/h5-8,10,12-13,16H,3-4,9,11,14H2,1-2H3,(H,26,27,29)/t16-/m1/s1. The fraction of sp³-hybridized carbons (Fsp3) is 0.348. The van der Waals surface area contributed by atoms with E-state index in [-0.39, 0.29) is 23.8 Å². The molecule has 1 saturated heterocycles. The van der Waals surface area contributed by atoms with Crippen LogP contribution >= 0.6 is 0 Å². The summed E-state index contributed by atoms with van der Waals surface area (Å²) in [6, 6.07) is 7.00. The summed E-state index contributed by atoms with van der Waals surface area (Å²) in [5, 5.41) is 0.